The molecule has 0 aliphatic carbocycles. The number of nitrogens with one attached hydrogen (secondary N) is 1. The van der Waals surface area contributed by atoms with E-state index in [1.807, 2.05) is 0 Å². The highest BCUT2D eigenvalue weighted by Gasteiger charge is 2.25. The maximum absolute atomic E-state index is 11.9. The van der Waals surface area contributed by atoms with Crippen molar-refractivity contribution < 1.29 is 9.53 Å². The highest BCUT2D eigenvalue weighted by molar-refractivity contribution is 7.80. The van der Waals surface area contributed by atoms with E-state index in [9.17, 15) is 4.79 Å². The molecular formula is C18H31NO2S. The summed E-state index contributed by atoms with van der Waals surface area (Å²) < 4.78 is 5.71. The van der Waals surface area contributed by atoms with Gasteiger partial charge in [-0.3, -0.25) is 4.79 Å². The summed E-state index contributed by atoms with van der Waals surface area (Å²) in [7, 11) is 0. The summed E-state index contributed by atoms with van der Waals surface area (Å²) in [5.41, 5.74) is 0. The molecule has 1 N–H and O–H groups in total. The standard InChI is InChI=1S/C18H31NO2S/c1-3-5-7-8-9-10-11-12-15(20)14-17-19-18(22)16(21-17)13-6-4-2/h14,16H,3-13H2,1-2H3,(H,19,22)/b17-14+/t16-/m0/s1. The first-order valence-corrected chi connectivity index (χ1v) is 9.30. The average Bonchev–Trinajstić information content (AvgIpc) is 2.83. The van der Waals surface area contributed by atoms with E-state index < -0.39 is 0 Å². The van der Waals surface area contributed by atoms with Gasteiger partial charge in [-0.1, -0.05) is 71.0 Å². The van der Waals surface area contributed by atoms with Crippen molar-refractivity contribution in [3.8, 4) is 0 Å². The first-order chi connectivity index (χ1) is 10.7. The minimum atomic E-state index is -0.0486. The molecule has 0 aromatic rings. The first-order valence-electron chi connectivity index (χ1n) is 8.89. The fourth-order valence-corrected chi connectivity index (χ4v) is 2.83. The molecule has 0 amide bonds. The fourth-order valence-electron chi connectivity index (χ4n) is 2.56. The smallest absolute Gasteiger partial charge is 0.195 e. The zero-order valence-corrected chi connectivity index (χ0v) is 15.0. The Balaban J connectivity index is 2.17. The average molecular weight is 326 g/mol. The van der Waals surface area contributed by atoms with Crippen LogP contribution in [0, 0.1) is 0 Å². The fraction of sp³-hybridized carbons (Fsp3) is 0.778. The second-order valence-corrected chi connectivity index (χ2v) is 6.52. The van der Waals surface area contributed by atoms with Crippen LogP contribution >= 0.6 is 12.2 Å². The normalized spacial score (nSPS) is 19.3. The molecule has 1 heterocycles. The Morgan fingerprint density at radius 2 is 1.73 bits per heavy atom. The summed E-state index contributed by atoms with van der Waals surface area (Å²) in [5, 5.41) is 3.02. The number of unbranched alkanes of at least 4 members (excludes halogenated alkanes) is 7. The molecule has 1 aliphatic rings. The van der Waals surface area contributed by atoms with Gasteiger partial charge in [0.1, 0.15) is 4.99 Å². The van der Waals surface area contributed by atoms with E-state index >= 15 is 0 Å². The third-order valence-electron chi connectivity index (χ3n) is 3.95. The van der Waals surface area contributed by atoms with Gasteiger partial charge >= 0.3 is 0 Å². The number of carbonyl (C=O) groups excluding carboxylic acids is 1. The molecule has 0 bridgehead atoms. The molecule has 1 fully saturated rings. The van der Waals surface area contributed by atoms with E-state index in [1.165, 1.54) is 32.1 Å². The summed E-state index contributed by atoms with van der Waals surface area (Å²) in [5.74, 6) is 0.675. The quantitative estimate of drug-likeness (QED) is 0.310. The van der Waals surface area contributed by atoms with Crippen LogP contribution in [0.5, 0.6) is 0 Å². The predicted octanol–water partition coefficient (Wildman–Crippen LogP) is 5.04. The minimum Gasteiger partial charge on any atom is -0.468 e. The molecule has 1 saturated heterocycles. The molecule has 0 radical (unpaired) electrons. The van der Waals surface area contributed by atoms with Gasteiger partial charge in [0.2, 0.25) is 0 Å². The third kappa shape index (κ3) is 7.92. The number of hydrogen-bond acceptors (Lipinski definition) is 3. The Hall–Kier alpha value is -0.900. The number of allylic oxidation sites excluding steroid dienone is 1. The number of hydrogen-bond donors (Lipinski definition) is 1. The summed E-state index contributed by atoms with van der Waals surface area (Å²) in [6.45, 7) is 4.37. The lowest BCUT2D eigenvalue weighted by atomic mass is 10.1. The van der Waals surface area contributed by atoms with Gasteiger partial charge in [-0.15, -0.1) is 0 Å². The number of ether oxygens (including phenoxy) is 1. The number of rotatable bonds is 12. The van der Waals surface area contributed by atoms with Gasteiger partial charge in [-0.25, -0.2) is 0 Å². The number of carbonyl (C=O) groups is 1. The maximum Gasteiger partial charge on any atom is 0.195 e. The van der Waals surface area contributed by atoms with E-state index in [4.69, 9.17) is 17.0 Å². The maximum atomic E-state index is 11.9. The van der Waals surface area contributed by atoms with Gasteiger partial charge in [0.25, 0.3) is 0 Å². The number of ketones is 1. The lowest BCUT2D eigenvalue weighted by Crippen LogP contribution is -2.20. The summed E-state index contributed by atoms with van der Waals surface area (Å²) >= 11 is 5.25. The van der Waals surface area contributed by atoms with E-state index in [0.717, 1.165) is 32.1 Å². The number of thiocarbonyl (C=S) groups is 1. The van der Waals surface area contributed by atoms with Crippen LogP contribution in [0.2, 0.25) is 0 Å². The van der Waals surface area contributed by atoms with Crippen LogP contribution < -0.4 is 5.32 Å². The second-order valence-electron chi connectivity index (χ2n) is 6.08. The van der Waals surface area contributed by atoms with Crippen molar-refractivity contribution in [1.29, 1.82) is 0 Å². The summed E-state index contributed by atoms with van der Waals surface area (Å²) in [6.07, 6.45) is 13.8. The molecule has 1 atom stereocenters. The highest BCUT2D eigenvalue weighted by Crippen LogP contribution is 2.17. The van der Waals surface area contributed by atoms with Gasteiger partial charge in [0.05, 0.1) is 0 Å². The van der Waals surface area contributed by atoms with Crippen molar-refractivity contribution in [2.24, 2.45) is 0 Å². The topological polar surface area (TPSA) is 38.3 Å². The minimum absolute atomic E-state index is 0.0486. The van der Waals surface area contributed by atoms with Crippen LogP contribution in [0.15, 0.2) is 12.0 Å². The molecule has 126 valence electrons. The van der Waals surface area contributed by atoms with Gasteiger partial charge in [-0.2, -0.15) is 0 Å². The molecule has 0 unspecified atom stereocenters. The SMILES string of the molecule is CCCCCCCCCC(=O)/C=C1\NC(=S)[C@H](CCCC)O1. The van der Waals surface area contributed by atoms with Crippen molar-refractivity contribution in [3.05, 3.63) is 12.0 Å². The van der Waals surface area contributed by atoms with Crippen LogP contribution in [0.4, 0.5) is 0 Å². The van der Waals surface area contributed by atoms with Crippen LogP contribution in [-0.4, -0.2) is 16.9 Å². The molecule has 0 spiro atoms. The van der Waals surface area contributed by atoms with Crippen molar-refractivity contribution in [2.75, 3.05) is 0 Å². The van der Waals surface area contributed by atoms with Gasteiger partial charge in [-0.05, 0) is 19.3 Å². The molecule has 1 rings (SSSR count). The molecular weight excluding hydrogens is 294 g/mol. The predicted molar refractivity (Wildman–Crippen MR) is 95.8 cm³/mol. The Labute approximate surface area is 140 Å². The van der Waals surface area contributed by atoms with Crippen molar-refractivity contribution in [3.63, 3.8) is 0 Å². The van der Waals surface area contributed by atoms with E-state index in [2.05, 4.69) is 19.2 Å². The largest absolute Gasteiger partial charge is 0.468 e. The zero-order chi connectivity index (χ0) is 16.2. The van der Waals surface area contributed by atoms with Gasteiger partial charge < -0.3 is 10.1 Å². The molecule has 1 aliphatic heterocycles. The van der Waals surface area contributed by atoms with E-state index in [-0.39, 0.29) is 11.9 Å². The molecule has 0 saturated carbocycles. The lowest BCUT2D eigenvalue weighted by Gasteiger charge is -2.07. The molecule has 4 heteroatoms. The van der Waals surface area contributed by atoms with Crippen molar-refractivity contribution >= 4 is 23.0 Å². The Morgan fingerprint density at radius 3 is 2.41 bits per heavy atom. The Morgan fingerprint density at radius 1 is 1.09 bits per heavy atom. The Bertz CT molecular complexity index is 379. The molecule has 0 aromatic carbocycles. The summed E-state index contributed by atoms with van der Waals surface area (Å²) in [4.78, 5) is 12.6. The van der Waals surface area contributed by atoms with Crippen LogP contribution in [-0.2, 0) is 9.53 Å². The monoisotopic (exact) mass is 325 g/mol. The second kappa shape index (κ2) is 11.6. The molecule has 0 aromatic heterocycles. The summed E-state index contributed by atoms with van der Waals surface area (Å²) in [6, 6.07) is 0. The lowest BCUT2D eigenvalue weighted by molar-refractivity contribution is -0.114. The van der Waals surface area contributed by atoms with Crippen molar-refractivity contribution in [1.82, 2.24) is 5.32 Å². The first kappa shape index (κ1) is 19.1. The third-order valence-corrected chi connectivity index (χ3v) is 4.31. The molecule has 22 heavy (non-hydrogen) atoms. The highest BCUT2D eigenvalue weighted by atomic mass is 32.1. The molecule has 3 nitrogen and oxygen atoms in total. The van der Waals surface area contributed by atoms with Gasteiger partial charge in [0.15, 0.2) is 17.8 Å². The van der Waals surface area contributed by atoms with Crippen LogP contribution in [0.25, 0.3) is 0 Å². The van der Waals surface area contributed by atoms with E-state index in [1.54, 1.807) is 6.08 Å². The Kier molecular flexibility index (Phi) is 10.1. The van der Waals surface area contributed by atoms with E-state index in [0.29, 0.717) is 17.3 Å². The van der Waals surface area contributed by atoms with Crippen LogP contribution in [0.1, 0.15) is 84.5 Å². The van der Waals surface area contributed by atoms with Gasteiger partial charge in [0, 0.05) is 12.5 Å². The van der Waals surface area contributed by atoms with Crippen molar-refractivity contribution in [2.45, 2.75) is 90.6 Å². The zero-order valence-electron chi connectivity index (χ0n) is 14.2. The van der Waals surface area contributed by atoms with Crippen LogP contribution in [0.3, 0.4) is 0 Å².